The largest absolute Gasteiger partial charge is 0.466 e. The van der Waals surface area contributed by atoms with Gasteiger partial charge >= 0.3 is 11.9 Å². The lowest BCUT2D eigenvalue weighted by atomic mass is 10.0. The number of fused-ring (bicyclic) bond motifs is 1. The van der Waals surface area contributed by atoms with Crippen molar-refractivity contribution in [3.8, 4) is 24.2 Å². The summed E-state index contributed by atoms with van der Waals surface area (Å²) in [5.74, 6) is 7.48. The number of hydrogen-bond acceptors (Lipinski definition) is 5. The number of benzene rings is 2. The molecule has 2 aromatic carbocycles. The van der Waals surface area contributed by atoms with Crippen molar-refractivity contribution in [2.75, 3.05) is 19.1 Å². The Morgan fingerprint density at radius 1 is 1.07 bits per heavy atom. The van der Waals surface area contributed by atoms with E-state index in [0.717, 1.165) is 28.5 Å². The maximum atomic E-state index is 12.5. The van der Waals surface area contributed by atoms with E-state index >= 15 is 0 Å². The summed E-state index contributed by atoms with van der Waals surface area (Å²) in [6.45, 7) is 0. The van der Waals surface area contributed by atoms with Gasteiger partial charge in [-0.25, -0.2) is 9.59 Å². The number of rotatable bonds is 3. The number of nitrogens with zero attached hydrogens (tertiary/aromatic N) is 1. The molecule has 3 rings (SSSR count). The van der Waals surface area contributed by atoms with Crippen LogP contribution in [0.2, 0.25) is 0 Å². The number of carbonyl (C=O) groups is 2. The van der Waals surface area contributed by atoms with Gasteiger partial charge in [-0.1, -0.05) is 48.1 Å². The molecule has 0 saturated heterocycles. The van der Waals surface area contributed by atoms with E-state index in [1.165, 1.54) is 14.2 Å². The molecular formula is C25H19NO4. The smallest absolute Gasteiger partial charge is 0.355 e. The monoisotopic (exact) mass is 397 g/mol. The van der Waals surface area contributed by atoms with Crippen LogP contribution >= 0.6 is 0 Å². The van der Waals surface area contributed by atoms with Crippen LogP contribution in [0.15, 0.2) is 66.4 Å². The second-order valence-electron chi connectivity index (χ2n) is 6.27. The molecular weight excluding hydrogens is 378 g/mol. The van der Waals surface area contributed by atoms with Crippen LogP contribution in [0.25, 0.3) is 6.08 Å². The van der Waals surface area contributed by atoms with Gasteiger partial charge in [0.25, 0.3) is 0 Å². The number of anilines is 1. The fourth-order valence-electron chi connectivity index (χ4n) is 3.02. The van der Waals surface area contributed by atoms with Gasteiger partial charge in [0.15, 0.2) is 0 Å². The van der Waals surface area contributed by atoms with Crippen molar-refractivity contribution in [1.29, 1.82) is 0 Å². The topological polar surface area (TPSA) is 55.8 Å². The van der Waals surface area contributed by atoms with Crippen molar-refractivity contribution in [2.45, 2.75) is 6.04 Å². The Balaban J connectivity index is 2.11. The molecule has 0 saturated carbocycles. The van der Waals surface area contributed by atoms with Crippen LogP contribution in [0.4, 0.5) is 5.69 Å². The number of esters is 2. The van der Waals surface area contributed by atoms with Gasteiger partial charge in [0.1, 0.15) is 11.7 Å². The van der Waals surface area contributed by atoms with Crippen LogP contribution in [0.1, 0.15) is 16.7 Å². The molecule has 1 aliphatic heterocycles. The molecule has 0 radical (unpaired) electrons. The Kier molecular flexibility index (Phi) is 6.37. The molecule has 0 aliphatic carbocycles. The predicted molar refractivity (Wildman–Crippen MR) is 115 cm³/mol. The van der Waals surface area contributed by atoms with Crippen LogP contribution in [-0.2, 0) is 19.1 Å². The van der Waals surface area contributed by atoms with E-state index in [9.17, 15) is 9.59 Å². The Labute approximate surface area is 175 Å². The van der Waals surface area contributed by atoms with Crippen LogP contribution in [0, 0.1) is 24.2 Å². The first kappa shape index (κ1) is 20.5. The predicted octanol–water partition coefficient (Wildman–Crippen LogP) is 3.15. The van der Waals surface area contributed by atoms with Gasteiger partial charge in [0.05, 0.1) is 26.0 Å². The maximum absolute atomic E-state index is 12.5. The average molecular weight is 397 g/mol. The van der Waals surface area contributed by atoms with Crippen LogP contribution in [-0.4, -0.2) is 32.2 Å². The molecule has 2 aromatic rings. The fourth-order valence-corrected chi connectivity index (χ4v) is 3.02. The number of ether oxygens (including phenoxy) is 2. The Morgan fingerprint density at radius 2 is 1.83 bits per heavy atom. The van der Waals surface area contributed by atoms with E-state index in [-0.39, 0.29) is 5.70 Å². The number of carbonyl (C=O) groups excluding carboxylic acids is 2. The number of terminal acetylenes is 1. The Bertz CT molecular complexity index is 1140. The van der Waals surface area contributed by atoms with E-state index < -0.39 is 18.0 Å². The third-order valence-electron chi connectivity index (χ3n) is 4.44. The lowest BCUT2D eigenvalue weighted by molar-refractivity contribution is -0.138. The van der Waals surface area contributed by atoms with E-state index in [0.29, 0.717) is 0 Å². The highest BCUT2D eigenvalue weighted by Gasteiger charge is 2.29. The first-order valence-electron chi connectivity index (χ1n) is 9.10. The molecule has 1 heterocycles. The number of hydrogen-bond donors (Lipinski definition) is 0. The minimum Gasteiger partial charge on any atom is -0.466 e. The zero-order valence-corrected chi connectivity index (χ0v) is 16.6. The van der Waals surface area contributed by atoms with Gasteiger partial charge in [-0.3, -0.25) is 0 Å². The highest BCUT2D eigenvalue weighted by molar-refractivity contribution is 6.00. The first-order valence-corrected chi connectivity index (χ1v) is 9.10. The van der Waals surface area contributed by atoms with Gasteiger partial charge in [-0.05, 0) is 35.9 Å². The maximum Gasteiger partial charge on any atom is 0.355 e. The molecule has 0 bridgehead atoms. The summed E-state index contributed by atoms with van der Waals surface area (Å²) in [6, 6.07) is 14.3. The molecule has 0 N–H and O–H groups in total. The van der Waals surface area contributed by atoms with Crippen molar-refractivity contribution in [1.82, 2.24) is 0 Å². The van der Waals surface area contributed by atoms with Crippen LogP contribution in [0.5, 0.6) is 0 Å². The van der Waals surface area contributed by atoms with Crippen LogP contribution < -0.4 is 4.90 Å². The minimum atomic E-state index is -0.674. The van der Waals surface area contributed by atoms with Gasteiger partial charge in [-0.2, -0.15) is 0 Å². The zero-order chi connectivity index (χ0) is 21.5. The van der Waals surface area contributed by atoms with Gasteiger partial charge in [-0.15, -0.1) is 6.42 Å². The molecule has 0 aromatic heterocycles. The molecule has 0 amide bonds. The Hall–Kier alpha value is -4.22. The number of methoxy groups -OCH3 is 2. The molecule has 1 unspecified atom stereocenters. The molecule has 5 nitrogen and oxygen atoms in total. The third kappa shape index (κ3) is 4.43. The highest BCUT2D eigenvalue weighted by Crippen LogP contribution is 2.32. The SMILES string of the molecule is C#Cc1cccc(C#CC2C=Cc3ccccc3N2/C(=C/C(=O)OC)C(=O)OC)c1. The minimum absolute atomic E-state index is 0.0258. The third-order valence-corrected chi connectivity index (χ3v) is 4.44. The second-order valence-corrected chi connectivity index (χ2v) is 6.27. The van der Waals surface area contributed by atoms with Crippen molar-refractivity contribution in [2.24, 2.45) is 0 Å². The number of para-hydroxylation sites is 1. The fraction of sp³-hybridized carbons (Fsp3) is 0.120. The van der Waals surface area contributed by atoms with Gasteiger partial charge < -0.3 is 14.4 Å². The molecule has 0 fully saturated rings. The summed E-state index contributed by atoms with van der Waals surface area (Å²) in [5, 5.41) is 0. The lowest BCUT2D eigenvalue weighted by Gasteiger charge is -2.33. The quantitative estimate of drug-likeness (QED) is 0.452. The molecule has 5 heteroatoms. The molecule has 1 aliphatic rings. The summed E-state index contributed by atoms with van der Waals surface area (Å²) in [5.41, 5.74) is 3.10. The molecule has 148 valence electrons. The van der Waals surface area contributed by atoms with Crippen molar-refractivity contribution >= 4 is 23.7 Å². The van der Waals surface area contributed by atoms with E-state index in [4.69, 9.17) is 15.9 Å². The van der Waals surface area contributed by atoms with E-state index in [2.05, 4.69) is 17.8 Å². The summed E-state index contributed by atoms with van der Waals surface area (Å²) in [7, 11) is 2.50. The van der Waals surface area contributed by atoms with Gasteiger partial charge in [0.2, 0.25) is 0 Å². The van der Waals surface area contributed by atoms with Crippen molar-refractivity contribution in [3.05, 3.63) is 83.1 Å². The Morgan fingerprint density at radius 3 is 2.57 bits per heavy atom. The zero-order valence-electron chi connectivity index (χ0n) is 16.6. The van der Waals surface area contributed by atoms with Crippen molar-refractivity contribution in [3.63, 3.8) is 0 Å². The van der Waals surface area contributed by atoms with E-state index in [1.54, 1.807) is 4.90 Å². The lowest BCUT2D eigenvalue weighted by Crippen LogP contribution is -2.38. The summed E-state index contributed by atoms with van der Waals surface area (Å²) >= 11 is 0. The highest BCUT2D eigenvalue weighted by atomic mass is 16.5. The normalized spacial score (nSPS) is 14.6. The van der Waals surface area contributed by atoms with Gasteiger partial charge in [0, 0.05) is 11.1 Å². The summed E-state index contributed by atoms with van der Waals surface area (Å²) in [6.07, 6.45) is 10.3. The molecule has 30 heavy (non-hydrogen) atoms. The van der Waals surface area contributed by atoms with Crippen LogP contribution in [0.3, 0.4) is 0 Å². The average Bonchev–Trinajstić information content (AvgIpc) is 2.80. The molecule has 1 atom stereocenters. The summed E-state index contributed by atoms with van der Waals surface area (Å²) < 4.78 is 9.64. The van der Waals surface area contributed by atoms with E-state index in [1.807, 2.05) is 60.7 Å². The first-order chi connectivity index (χ1) is 14.6. The molecule has 0 spiro atoms. The van der Waals surface area contributed by atoms with Crippen molar-refractivity contribution < 1.29 is 19.1 Å². The summed E-state index contributed by atoms with van der Waals surface area (Å²) in [4.78, 5) is 26.2. The standard InChI is InChI=1S/C25H19NO4/c1-4-18-8-7-9-19(16-18)12-14-21-15-13-20-10-5-6-11-22(20)26(21)23(25(28)30-3)17-24(27)29-2/h1,5-11,13,15-17,21H,2-3H3/b23-17+. The second kappa shape index (κ2) is 9.32.